The van der Waals surface area contributed by atoms with Crippen molar-refractivity contribution in [1.29, 1.82) is 0 Å². The lowest BCUT2D eigenvalue weighted by molar-refractivity contribution is -0.143. The fraction of sp³-hybridized carbons (Fsp3) is 0.842. The molecule has 0 aromatic rings. The van der Waals surface area contributed by atoms with Gasteiger partial charge in [-0.05, 0) is 74.0 Å². The Hall–Kier alpha value is -0.500. The van der Waals surface area contributed by atoms with Crippen LogP contribution in [0.2, 0.25) is 0 Å². The number of likely N-dealkylation sites (tertiary alicyclic amines) is 1. The Labute approximate surface area is 139 Å². The fourth-order valence-electron chi connectivity index (χ4n) is 6.69. The molecular formula is C19H28ClNO. The molecule has 3 saturated carbocycles. The molecule has 0 aromatic heterocycles. The molecule has 3 unspecified atom stereocenters. The van der Waals surface area contributed by atoms with Gasteiger partial charge in [-0.1, -0.05) is 24.1 Å². The second kappa shape index (κ2) is 5.26. The van der Waals surface area contributed by atoms with Gasteiger partial charge in [0, 0.05) is 25.0 Å². The highest BCUT2D eigenvalue weighted by Gasteiger charge is 2.55. The average molecular weight is 322 g/mol. The van der Waals surface area contributed by atoms with Gasteiger partial charge in [0.2, 0.25) is 5.91 Å². The summed E-state index contributed by atoms with van der Waals surface area (Å²) in [7, 11) is 2.04. The molecular weight excluding hydrogens is 294 g/mol. The van der Waals surface area contributed by atoms with Gasteiger partial charge in [0.1, 0.15) is 0 Å². The number of amides is 1. The van der Waals surface area contributed by atoms with E-state index in [0.29, 0.717) is 17.4 Å². The number of carbonyl (C=O) groups is 1. The van der Waals surface area contributed by atoms with Crippen molar-refractivity contribution in [2.75, 3.05) is 7.05 Å². The van der Waals surface area contributed by atoms with Crippen LogP contribution in [0.3, 0.4) is 0 Å². The van der Waals surface area contributed by atoms with E-state index in [2.05, 4.69) is 11.8 Å². The Morgan fingerprint density at radius 3 is 2.68 bits per heavy atom. The van der Waals surface area contributed by atoms with Crippen LogP contribution < -0.4 is 0 Å². The quantitative estimate of drug-likeness (QED) is 0.639. The summed E-state index contributed by atoms with van der Waals surface area (Å²) in [5, 5.41) is 0. The lowest BCUT2D eigenvalue weighted by atomic mass is 9.52. The molecule has 4 rings (SSSR count). The highest BCUT2D eigenvalue weighted by molar-refractivity contribution is 6.25. The molecule has 0 spiro atoms. The molecule has 0 aromatic carbocycles. The number of fused-ring (bicyclic) bond motifs is 5. The summed E-state index contributed by atoms with van der Waals surface area (Å²) >= 11 is 6.13. The summed E-state index contributed by atoms with van der Waals surface area (Å²) in [6, 6.07) is 0.524. The van der Waals surface area contributed by atoms with Crippen molar-refractivity contribution in [3.8, 4) is 0 Å². The normalized spacial score (nSPS) is 49.8. The third-order valence-electron chi connectivity index (χ3n) is 7.89. The number of halogens is 1. The van der Waals surface area contributed by atoms with Gasteiger partial charge in [0.15, 0.2) is 0 Å². The lowest BCUT2D eigenvalue weighted by Crippen LogP contribution is -2.55. The zero-order valence-electron chi connectivity index (χ0n) is 13.9. The predicted octanol–water partition coefficient (Wildman–Crippen LogP) is 4.58. The summed E-state index contributed by atoms with van der Waals surface area (Å²) in [6.45, 7) is 2.47. The van der Waals surface area contributed by atoms with E-state index < -0.39 is 0 Å². The number of carbonyl (C=O) groups excluding carboxylic acids is 1. The topological polar surface area (TPSA) is 20.3 Å². The first-order valence-corrected chi connectivity index (χ1v) is 9.55. The molecule has 1 amide bonds. The van der Waals surface area contributed by atoms with Crippen LogP contribution >= 0.6 is 11.6 Å². The summed E-state index contributed by atoms with van der Waals surface area (Å²) in [4.78, 5) is 14.1. The molecule has 0 N–H and O–H groups in total. The Bertz CT molecular complexity index is 516. The molecule has 2 nitrogen and oxygen atoms in total. The maximum Gasteiger partial charge on any atom is 0.222 e. The molecule has 4 aliphatic rings. The molecule has 1 aliphatic heterocycles. The van der Waals surface area contributed by atoms with E-state index in [1.807, 2.05) is 12.6 Å². The van der Waals surface area contributed by atoms with E-state index in [0.717, 1.165) is 36.5 Å². The van der Waals surface area contributed by atoms with Crippen LogP contribution in [0.4, 0.5) is 0 Å². The number of nitrogens with zero attached hydrogens (tertiary/aromatic N) is 1. The first-order valence-electron chi connectivity index (χ1n) is 9.11. The van der Waals surface area contributed by atoms with Gasteiger partial charge in [-0.2, -0.15) is 0 Å². The largest absolute Gasteiger partial charge is 0.342 e. The molecule has 0 radical (unpaired) electrons. The standard InChI is InChI=1S/C19H28ClNO/c1-19-10-9-13-14(16(19)6-3-12(19)11-20)4-7-17-15(13)5-8-18(22)21(17)2/h11,13-17H,3-10H2,1-2H3/t13?,14?,15-,16?,17-,19-/m1/s1. The van der Waals surface area contributed by atoms with Crippen molar-refractivity contribution in [3.05, 3.63) is 11.1 Å². The summed E-state index contributed by atoms with van der Waals surface area (Å²) < 4.78 is 0. The molecule has 6 atom stereocenters. The number of hydrogen-bond acceptors (Lipinski definition) is 1. The van der Waals surface area contributed by atoms with Crippen LogP contribution in [0, 0.1) is 29.1 Å². The second-order valence-electron chi connectivity index (χ2n) is 8.42. The predicted molar refractivity (Wildman–Crippen MR) is 89.5 cm³/mol. The first kappa shape index (κ1) is 15.1. The van der Waals surface area contributed by atoms with Crippen LogP contribution in [-0.4, -0.2) is 23.9 Å². The highest BCUT2D eigenvalue weighted by Crippen LogP contribution is 2.63. The van der Waals surface area contributed by atoms with Crippen LogP contribution in [0.15, 0.2) is 11.1 Å². The average Bonchev–Trinajstić information content (AvgIpc) is 2.87. The van der Waals surface area contributed by atoms with E-state index in [1.54, 1.807) is 0 Å². The van der Waals surface area contributed by atoms with E-state index in [1.165, 1.54) is 44.1 Å². The van der Waals surface area contributed by atoms with Crippen LogP contribution in [0.5, 0.6) is 0 Å². The number of hydrogen-bond donors (Lipinski definition) is 0. The minimum absolute atomic E-state index is 0.367. The van der Waals surface area contributed by atoms with E-state index in [9.17, 15) is 4.79 Å². The van der Waals surface area contributed by atoms with Crippen molar-refractivity contribution in [1.82, 2.24) is 4.90 Å². The Morgan fingerprint density at radius 2 is 1.91 bits per heavy atom. The molecule has 0 bridgehead atoms. The van der Waals surface area contributed by atoms with Crippen LogP contribution in [0.25, 0.3) is 0 Å². The van der Waals surface area contributed by atoms with Gasteiger partial charge in [-0.3, -0.25) is 4.79 Å². The van der Waals surface area contributed by atoms with Gasteiger partial charge in [0.25, 0.3) is 0 Å². The van der Waals surface area contributed by atoms with Gasteiger partial charge in [-0.15, -0.1) is 0 Å². The first-order chi connectivity index (χ1) is 10.6. The maximum absolute atomic E-state index is 12.0. The third-order valence-corrected chi connectivity index (χ3v) is 8.16. The fourth-order valence-corrected chi connectivity index (χ4v) is 7.05. The summed E-state index contributed by atoms with van der Waals surface area (Å²) in [5.41, 5.74) is 3.77. The van der Waals surface area contributed by atoms with Crippen LogP contribution in [0.1, 0.15) is 58.3 Å². The molecule has 22 heavy (non-hydrogen) atoms. The van der Waals surface area contributed by atoms with Crippen molar-refractivity contribution in [2.24, 2.45) is 29.1 Å². The molecule has 122 valence electrons. The minimum Gasteiger partial charge on any atom is -0.342 e. The zero-order chi connectivity index (χ0) is 15.5. The van der Waals surface area contributed by atoms with Crippen molar-refractivity contribution < 1.29 is 4.79 Å². The van der Waals surface area contributed by atoms with Gasteiger partial charge >= 0.3 is 0 Å². The summed E-state index contributed by atoms with van der Waals surface area (Å²) in [6.07, 6.45) is 9.64. The Kier molecular flexibility index (Phi) is 3.60. The zero-order valence-corrected chi connectivity index (χ0v) is 14.6. The van der Waals surface area contributed by atoms with E-state index in [-0.39, 0.29) is 0 Å². The van der Waals surface area contributed by atoms with Crippen LogP contribution in [-0.2, 0) is 4.79 Å². The van der Waals surface area contributed by atoms with Gasteiger partial charge in [0.05, 0.1) is 0 Å². The number of piperidine rings is 1. The maximum atomic E-state index is 12.0. The Balaban J connectivity index is 1.60. The highest BCUT2D eigenvalue weighted by atomic mass is 35.5. The van der Waals surface area contributed by atoms with Crippen molar-refractivity contribution in [3.63, 3.8) is 0 Å². The van der Waals surface area contributed by atoms with Crippen molar-refractivity contribution >= 4 is 17.5 Å². The third kappa shape index (κ3) is 1.95. The van der Waals surface area contributed by atoms with Gasteiger partial charge < -0.3 is 4.90 Å². The minimum atomic E-state index is 0.367. The monoisotopic (exact) mass is 321 g/mol. The Morgan fingerprint density at radius 1 is 1.09 bits per heavy atom. The summed E-state index contributed by atoms with van der Waals surface area (Å²) in [5.74, 6) is 3.68. The SMILES string of the molecule is CN1C(=O)CC[C@@H]2C3CC[C@]4(C)C(=CCl)CCC4C3CC[C@H]21. The number of rotatable bonds is 0. The molecule has 4 fully saturated rings. The smallest absolute Gasteiger partial charge is 0.222 e. The van der Waals surface area contributed by atoms with Crippen molar-refractivity contribution in [2.45, 2.75) is 64.3 Å². The molecule has 1 saturated heterocycles. The van der Waals surface area contributed by atoms with E-state index >= 15 is 0 Å². The molecule has 3 heteroatoms. The number of allylic oxidation sites excluding steroid dienone is 1. The molecule has 1 heterocycles. The second-order valence-corrected chi connectivity index (χ2v) is 8.63. The van der Waals surface area contributed by atoms with Gasteiger partial charge in [-0.25, -0.2) is 0 Å². The van der Waals surface area contributed by atoms with E-state index in [4.69, 9.17) is 11.6 Å². The molecule has 3 aliphatic carbocycles. The lowest BCUT2D eigenvalue weighted by Gasteiger charge is -2.56.